The van der Waals surface area contributed by atoms with Gasteiger partial charge in [-0.1, -0.05) is 47.5 Å². The largest absolute Gasteiger partial charge is 0.339 e. The number of nitrogens with zero attached hydrogens (tertiary/aromatic N) is 1. The fraction of sp³-hybridized carbons (Fsp3) is 0.318. The Kier molecular flexibility index (Phi) is 6.31. The van der Waals surface area contributed by atoms with Gasteiger partial charge in [-0.15, -0.1) is 0 Å². The lowest BCUT2D eigenvalue weighted by molar-refractivity contribution is -0.126. The van der Waals surface area contributed by atoms with Gasteiger partial charge in [0.25, 0.3) is 0 Å². The van der Waals surface area contributed by atoms with Crippen molar-refractivity contribution in [3.8, 4) is 0 Å². The van der Waals surface area contributed by atoms with Crippen molar-refractivity contribution in [1.29, 1.82) is 0 Å². The first-order valence-corrected chi connectivity index (χ1v) is 10.9. The van der Waals surface area contributed by atoms with Crippen molar-refractivity contribution in [3.05, 3.63) is 71.3 Å². The van der Waals surface area contributed by atoms with E-state index in [0.717, 1.165) is 11.1 Å². The fourth-order valence-electron chi connectivity index (χ4n) is 3.17. The van der Waals surface area contributed by atoms with Crippen LogP contribution in [0.3, 0.4) is 0 Å². The van der Waals surface area contributed by atoms with E-state index >= 15 is 0 Å². The first-order chi connectivity index (χ1) is 13.3. The number of rotatable bonds is 5. The molecular weight excluding hydrogens is 372 g/mol. The van der Waals surface area contributed by atoms with Crippen LogP contribution >= 0.6 is 0 Å². The van der Waals surface area contributed by atoms with Gasteiger partial charge in [0.05, 0.1) is 4.90 Å². The van der Waals surface area contributed by atoms with Gasteiger partial charge in [0.15, 0.2) is 0 Å². The van der Waals surface area contributed by atoms with Crippen LogP contribution in [0.5, 0.6) is 0 Å². The number of carbonyl (C=O) groups is 1. The van der Waals surface area contributed by atoms with E-state index in [-0.39, 0.29) is 16.8 Å². The number of benzene rings is 2. The number of nitrogens with one attached hydrogen (secondary N) is 1. The number of hydrogen-bond donors (Lipinski definition) is 1. The van der Waals surface area contributed by atoms with Gasteiger partial charge in [-0.05, 0) is 50.5 Å². The van der Waals surface area contributed by atoms with Gasteiger partial charge >= 0.3 is 0 Å². The lowest BCUT2D eigenvalue weighted by Crippen LogP contribution is -2.46. The molecule has 0 aromatic heterocycles. The van der Waals surface area contributed by atoms with E-state index in [1.165, 1.54) is 5.56 Å². The minimum atomic E-state index is -3.53. The number of amides is 1. The quantitative estimate of drug-likeness (QED) is 0.786. The molecule has 2 aromatic carbocycles. The summed E-state index contributed by atoms with van der Waals surface area (Å²) in [7, 11) is -3.53. The van der Waals surface area contributed by atoms with Crippen LogP contribution < -0.4 is 4.72 Å². The summed E-state index contributed by atoms with van der Waals surface area (Å²) in [6, 6.07) is 14.6. The highest BCUT2D eigenvalue weighted by molar-refractivity contribution is 7.89. The van der Waals surface area contributed by atoms with Gasteiger partial charge in [-0.25, -0.2) is 13.1 Å². The Morgan fingerprint density at radius 3 is 2.07 bits per heavy atom. The van der Waals surface area contributed by atoms with E-state index in [4.69, 9.17) is 0 Å². The molecule has 0 bridgehead atoms. The molecule has 0 atom stereocenters. The van der Waals surface area contributed by atoms with E-state index in [1.807, 2.05) is 44.2 Å². The monoisotopic (exact) mass is 398 g/mol. The van der Waals surface area contributed by atoms with Crippen LogP contribution in [0.25, 0.3) is 6.08 Å². The smallest absolute Gasteiger partial charge is 0.246 e. The van der Waals surface area contributed by atoms with Crippen molar-refractivity contribution in [2.45, 2.75) is 37.6 Å². The molecule has 1 amide bonds. The molecule has 0 saturated carbocycles. The Hall–Kier alpha value is -2.44. The minimum absolute atomic E-state index is 0.0413. The molecule has 0 spiro atoms. The number of sulfonamides is 1. The third kappa shape index (κ3) is 5.30. The summed E-state index contributed by atoms with van der Waals surface area (Å²) in [5.74, 6) is -0.0413. The zero-order valence-corrected chi connectivity index (χ0v) is 17.1. The topological polar surface area (TPSA) is 66.5 Å². The third-order valence-corrected chi connectivity index (χ3v) is 6.49. The van der Waals surface area contributed by atoms with Gasteiger partial charge in [-0.3, -0.25) is 4.79 Å². The van der Waals surface area contributed by atoms with Gasteiger partial charge < -0.3 is 4.90 Å². The molecule has 1 saturated heterocycles. The molecule has 5 nitrogen and oxygen atoms in total. The number of likely N-dealkylation sites (tertiary alicyclic amines) is 1. The zero-order valence-electron chi connectivity index (χ0n) is 16.3. The van der Waals surface area contributed by atoms with Crippen LogP contribution in [0.1, 0.15) is 29.5 Å². The summed E-state index contributed by atoms with van der Waals surface area (Å²) in [6.45, 7) is 5.02. The first-order valence-electron chi connectivity index (χ1n) is 9.46. The highest BCUT2D eigenvalue weighted by Crippen LogP contribution is 2.16. The van der Waals surface area contributed by atoms with Crippen LogP contribution in [-0.4, -0.2) is 38.4 Å². The van der Waals surface area contributed by atoms with E-state index in [9.17, 15) is 13.2 Å². The molecular formula is C22H26N2O3S. The predicted molar refractivity (Wildman–Crippen MR) is 111 cm³/mol. The third-order valence-electron chi connectivity index (χ3n) is 4.96. The molecule has 1 fully saturated rings. The maximum Gasteiger partial charge on any atom is 0.246 e. The SMILES string of the molecule is Cc1ccc(C=CC(=O)N2CCC(NS(=O)(=O)c3ccc(C)cc3)CC2)cc1. The van der Waals surface area contributed by atoms with Crippen LogP contribution in [0.2, 0.25) is 0 Å². The lowest BCUT2D eigenvalue weighted by Gasteiger charge is -2.31. The summed E-state index contributed by atoms with van der Waals surface area (Å²) < 4.78 is 27.8. The molecule has 1 aliphatic heterocycles. The van der Waals surface area contributed by atoms with Crippen LogP contribution in [0.4, 0.5) is 0 Å². The predicted octanol–water partition coefficient (Wildman–Crippen LogP) is 3.29. The molecule has 1 heterocycles. The number of hydrogen-bond acceptors (Lipinski definition) is 3. The Morgan fingerprint density at radius 2 is 1.50 bits per heavy atom. The molecule has 3 rings (SSSR count). The minimum Gasteiger partial charge on any atom is -0.339 e. The summed E-state index contributed by atoms with van der Waals surface area (Å²) >= 11 is 0. The average Bonchev–Trinajstić information content (AvgIpc) is 2.68. The van der Waals surface area contributed by atoms with Crippen LogP contribution in [-0.2, 0) is 14.8 Å². The van der Waals surface area contributed by atoms with E-state index in [2.05, 4.69) is 4.72 Å². The number of carbonyl (C=O) groups excluding carboxylic acids is 1. The number of piperidine rings is 1. The van der Waals surface area contributed by atoms with Crippen LogP contribution in [0, 0.1) is 13.8 Å². The molecule has 0 unspecified atom stereocenters. The highest BCUT2D eigenvalue weighted by Gasteiger charge is 2.25. The molecule has 6 heteroatoms. The van der Waals surface area contributed by atoms with Gasteiger partial charge in [-0.2, -0.15) is 0 Å². The zero-order chi connectivity index (χ0) is 20.1. The normalized spacial score (nSPS) is 15.9. The average molecular weight is 399 g/mol. The van der Waals surface area contributed by atoms with Crippen molar-refractivity contribution >= 4 is 22.0 Å². The second-order valence-corrected chi connectivity index (χ2v) is 8.99. The molecule has 28 heavy (non-hydrogen) atoms. The van der Waals surface area contributed by atoms with Crippen molar-refractivity contribution in [3.63, 3.8) is 0 Å². The van der Waals surface area contributed by atoms with Gasteiger partial charge in [0, 0.05) is 25.2 Å². The van der Waals surface area contributed by atoms with E-state index in [0.29, 0.717) is 25.9 Å². The summed E-state index contributed by atoms with van der Waals surface area (Å²) in [6.07, 6.45) is 4.61. The Labute approximate surface area is 167 Å². The second kappa shape index (κ2) is 8.71. The van der Waals surface area contributed by atoms with Gasteiger partial charge in [0.1, 0.15) is 0 Å². The molecule has 148 valence electrons. The van der Waals surface area contributed by atoms with Crippen molar-refractivity contribution in [2.24, 2.45) is 0 Å². The Bertz CT molecular complexity index is 940. The maximum absolute atomic E-state index is 12.5. The van der Waals surface area contributed by atoms with Gasteiger partial charge in [0.2, 0.25) is 15.9 Å². The maximum atomic E-state index is 12.5. The fourth-order valence-corrected chi connectivity index (χ4v) is 4.48. The van der Waals surface area contributed by atoms with Crippen LogP contribution in [0.15, 0.2) is 59.5 Å². The number of aryl methyl sites for hydroxylation is 2. The van der Waals surface area contributed by atoms with Crippen molar-refractivity contribution < 1.29 is 13.2 Å². The molecule has 0 aliphatic carbocycles. The summed E-state index contributed by atoms with van der Waals surface area (Å²) in [4.78, 5) is 14.4. The molecule has 2 aromatic rings. The summed E-state index contributed by atoms with van der Waals surface area (Å²) in [5.41, 5.74) is 3.18. The first kappa shape index (κ1) is 20.3. The molecule has 0 radical (unpaired) electrons. The Morgan fingerprint density at radius 1 is 0.964 bits per heavy atom. The Balaban J connectivity index is 1.53. The second-order valence-electron chi connectivity index (χ2n) is 7.28. The molecule has 1 aliphatic rings. The highest BCUT2D eigenvalue weighted by atomic mass is 32.2. The van der Waals surface area contributed by atoms with Crippen molar-refractivity contribution in [2.75, 3.05) is 13.1 Å². The lowest BCUT2D eigenvalue weighted by atomic mass is 10.1. The van der Waals surface area contributed by atoms with Crippen molar-refractivity contribution in [1.82, 2.24) is 9.62 Å². The van der Waals surface area contributed by atoms with E-state index in [1.54, 1.807) is 35.2 Å². The van der Waals surface area contributed by atoms with E-state index < -0.39 is 10.0 Å². The standard InChI is InChI=1S/C22H26N2O3S/c1-17-3-7-19(8-4-17)9-12-22(25)24-15-13-20(14-16-24)23-28(26,27)21-10-5-18(2)6-11-21/h3-12,20,23H,13-16H2,1-2H3. The molecule has 1 N–H and O–H groups in total. The summed E-state index contributed by atoms with van der Waals surface area (Å²) in [5, 5.41) is 0.